The van der Waals surface area contributed by atoms with Gasteiger partial charge in [0, 0.05) is 31.6 Å². The molecule has 0 aromatic heterocycles. The van der Waals surface area contributed by atoms with E-state index >= 15 is 0 Å². The molecule has 4 nitrogen and oxygen atoms in total. The number of rotatable bonds is 4. The molecule has 5 heteroatoms. The highest BCUT2D eigenvalue weighted by atomic mass is 32.2. The molecule has 2 aliphatic rings. The number of thioether (sulfide) groups is 1. The second-order valence-electron chi connectivity index (χ2n) is 5.13. The Morgan fingerprint density at radius 2 is 2.18 bits per heavy atom. The van der Waals surface area contributed by atoms with Gasteiger partial charge in [-0.1, -0.05) is 0 Å². The predicted molar refractivity (Wildman–Crippen MR) is 71.0 cm³/mol. The van der Waals surface area contributed by atoms with Gasteiger partial charge < -0.3 is 9.47 Å². The largest absolute Gasteiger partial charge is 0.381 e. The van der Waals surface area contributed by atoms with Crippen LogP contribution < -0.4 is 11.3 Å². The molecule has 17 heavy (non-hydrogen) atoms. The van der Waals surface area contributed by atoms with Crippen LogP contribution >= 0.6 is 11.8 Å². The summed E-state index contributed by atoms with van der Waals surface area (Å²) in [5.74, 6) is 7.39. The average molecular weight is 260 g/mol. The number of hydrazine groups is 1. The summed E-state index contributed by atoms with van der Waals surface area (Å²) >= 11 is 1.86. The summed E-state index contributed by atoms with van der Waals surface area (Å²) in [6.45, 7) is 2.56. The Morgan fingerprint density at radius 3 is 2.82 bits per heavy atom. The number of hydrogen-bond acceptors (Lipinski definition) is 5. The highest BCUT2D eigenvalue weighted by Crippen LogP contribution is 2.38. The summed E-state index contributed by atoms with van der Waals surface area (Å²) in [5.41, 5.74) is 3.07. The fourth-order valence-electron chi connectivity index (χ4n) is 3.00. The van der Waals surface area contributed by atoms with E-state index in [2.05, 4.69) is 11.7 Å². The van der Waals surface area contributed by atoms with Crippen molar-refractivity contribution in [3.63, 3.8) is 0 Å². The third kappa shape index (κ3) is 3.35. The van der Waals surface area contributed by atoms with E-state index in [-0.39, 0.29) is 5.60 Å². The first kappa shape index (κ1) is 13.6. The van der Waals surface area contributed by atoms with Gasteiger partial charge in [0.15, 0.2) is 0 Å². The molecule has 3 N–H and O–H groups in total. The van der Waals surface area contributed by atoms with Gasteiger partial charge in [0.05, 0.1) is 5.60 Å². The van der Waals surface area contributed by atoms with Gasteiger partial charge >= 0.3 is 0 Å². The van der Waals surface area contributed by atoms with Gasteiger partial charge in [0.2, 0.25) is 0 Å². The summed E-state index contributed by atoms with van der Waals surface area (Å²) in [6, 6.07) is 0.411. The zero-order valence-electron chi connectivity index (χ0n) is 10.6. The Bertz CT molecular complexity index is 229. The Hall–Kier alpha value is 0.190. The van der Waals surface area contributed by atoms with Crippen molar-refractivity contribution in [2.45, 2.75) is 37.3 Å². The molecule has 0 radical (unpaired) electrons. The van der Waals surface area contributed by atoms with Crippen LogP contribution in [0.5, 0.6) is 0 Å². The molecule has 1 spiro atoms. The smallest absolute Gasteiger partial charge is 0.0729 e. The maximum atomic E-state index is 6.05. The van der Waals surface area contributed by atoms with Crippen LogP contribution in [0.15, 0.2) is 0 Å². The lowest BCUT2D eigenvalue weighted by Gasteiger charge is -2.45. The molecule has 0 amide bonds. The Labute approximate surface area is 108 Å². The van der Waals surface area contributed by atoms with Crippen LogP contribution in [0.1, 0.15) is 25.7 Å². The molecule has 0 saturated carbocycles. The van der Waals surface area contributed by atoms with Crippen LogP contribution in [0.4, 0.5) is 0 Å². The van der Waals surface area contributed by atoms with Crippen LogP contribution in [0.25, 0.3) is 0 Å². The molecule has 2 heterocycles. The minimum atomic E-state index is 0.0781. The molecule has 0 aromatic carbocycles. The van der Waals surface area contributed by atoms with Gasteiger partial charge in [-0.15, -0.1) is 0 Å². The van der Waals surface area contributed by atoms with Gasteiger partial charge in [-0.05, 0) is 37.9 Å². The van der Waals surface area contributed by atoms with Crippen molar-refractivity contribution >= 4 is 11.8 Å². The van der Waals surface area contributed by atoms with Crippen LogP contribution in [0, 0.1) is 5.92 Å². The third-order valence-corrected chi connectivity index (χ3v) is 4.76. The second kappa shape index (κ2) is 6.38. The second-order valence-corrected chi connectivity index (χ2v) is 6.04. The maximum Gasteiger partial charge on any atom is 0.0729 e. The van der Waals surface area contributed by atoms with Crippen molar-refractivity contribution in [3.8, 4) is 0 Å². The quantitative estimate of drug-likeness (QED) is 0.587. The number of ether oxygens (including phenoxy) is 2. The SMILES string of the molecule is CSCC(NN)C1CCOC2(CCOCC2)C1. The Kier molecular flexibility index (Phi) is 5.11. The fraction of sp³-hybridized carbons (Fsp3) is 1.00. The van der Waals surface area contributed by atoms with Crippen molar-refractivity contribution in [3.05, 3.63) is 0 Å². The van der Waals surface area contributed by atoms with Crippen LogP contribution in [0.2, 0.25) is 0 Å². The molecule has 0 aliphatic carbocycles. The van der Waals surface area contributed by atoms with Crippen molar-refractivity contribution in [1.82, 2.24) is 5.43 Å². The summed E-state index contributed by atoms with van der Waals surface area (Å²) in [6.07, 6.45) is 6.47. The summed E-state index contributed by atoms with van der Waals surface area (Å²) in [7, 11) is 0. The zero-order valence-corrected chi connectivity index (χ0v) is 11.4. The van der Waals surface area contributed by atoms with Crippen molar-refractivity contribution in [2.75, 3.05) is 31.8 Å². The van der Waals surface area contributed by atoms with Gasteiger partial charge in [-0.3, -0.25) is 11.3 Å². The van der Waals surface area contributed by atoms with E-state index in [0.29, 0.717) is 12.0 Å². The lowest BCUT2D eigenvalue weighted by Crippen LogP contribution is -2.51. The van der Waals surface area contributed by atoms with Crippen molar-refractivity contribution in [1.29, 1.82) is 0 Å². The third-order valence-electron chi connectivity index (χ3n) is 4.06. The maximum absolute atomic E-state index is 6.05. The zero-order chi connectivity index (χ0) is 12.1. The molecule has 2 fully saturated rings. The molecule has 2 atom stereocenters. The van der Waals surface area contributed by atoms with E-state index in [4.69, 9.17) is 15.3 Å². The van der Waals surface area contributed by atoms with Crippen LogP contribution in [0.3, 0.4) is 0 Å². The molecule has 0 bridgehead atoms. The van der Waals surface area contributed by atoms with Crippen LogP contribution in [-0.2, 0) is 9.47 Å². The Morgan fingerprint density at radius 1 is 1.41 bits per heavy atom. The Balaban J connectivity index is 1.95. The predicted octanol–water partition coefficient (Wildman–Crippen LogP) is 1.16. The van der Waals surface area contributed by atoms with E-state index in [1.54, 1.807) is 0 Å². The van der Waals surface area contributed by atoms with Gasteiger partial charge in [0.1, 0.15) is 0 Å². The normalized spacial score (nSPS) is 30.4. The molecule has 2 aliphatic heterocycles. The highest BCUT2D eigenvalue weighted by Gasteiger charge is 2.40. The molecule has 0 aromatic rings. The molecular weight excluding hydrogens is 236 g/mol. The number of nitrogens with two attached hydrogens (primary N) is 1. The highest BCUT2D eigenvalue weighted by molar-refractivity contribution is 7.98. The molecule has 2 saturated heterocycles. The summed E-state index contributed by atoms with van der Waals surface area (Å²) < 4.78 is 11.5. The molecular formula is C12H24N2O2S. The minimum Gasteiger partial charge on any atom is -0.381 e. The standard InChI is InChI=1S/C12H24N2O2S/c1-17-9-11(14-13)10-2-5-16-12(8-10)3-6-15-7-4-12/h10-11,14H,2-9,13H2,1H3. The first-order valence-corrected chi connectivity index (χ1v) is 7.86. The van der Waals surface area contributed by atoms with Crippen LogP contribution in [-0.4, -0.2) is 43.5 Å². The topological polar surface area (TPSA) is 56.5 Å². The molecule has 2 rings (SSSR count). The van der Waals surface area contributed by atoms with E-state index in [0.717, 1.165) is 51.3 Å². The molecule has 100 valence electrons. The minimum absolute atomic E-state index is 0.0781. The first-order valence-electron chi connectivity index (χ1n) is 6.46. The van der Waals surface area contributed by atoms with Crippen molar-refractivity contribution in [2.24, 2.45) is 11.8 Å². The van der Waals surface area contributed by atoms with Gasteiger partial charge in [-0.2, -0.15) is 11.8 Å². The average Bonchev–Trinajstić information content (AvgIpc) is 2.37. The van der Waals surface area contributed by atoms with E-state index in [1.807, 2.05) is 11.8 Å². The molecule has 2 unspecified atom stereocenters. The number of hydrogen-bond donors (Lipinski definition) is 2. The van der Waals surface area contributed by atoms with Gasteiger partial charge in [-0.25, -0.2) is 0 Å². The summed E-state index contributed by atoms with van der Waals surface area (Å²) in [4.78, 5) is 0. The van der Waals surface area contributed by atoms with E-state index in [9.17, 15) is 0 Å². The number of nitrogens with one attached hydrogen (secondary N) is 1. The van der Waals surface area contributed by atoms with E-state index < -0.39 is 0 Å². The summed E-state index contributed by atoms with van der Waals surface area (Å²) in [5, 5.41) is 0. The first-order chi connectivity index (χ1) is 8.29. The fourth-order valence-corrected chi connectivity index (χ4v) is 3.73. The van der Waals surface area contributed by atoms with E-state index in [1.165, 1.54) is 0 Å². The van der Waals surface area contributed by atoms with Gasteiger partial charge in [0.25, 0.3) is 0 Å². The lowest BCUT2D eigenvalue weighted by atomic mass is 9.78. The monoisotopic (exact) mass is 260 g/mol. The lowest BCUT2D eigenvalue weighted by molar-refractivity contribution is -0.149. The van der Waals surface area contributed by atoms with Crippen molar-refractivity contribution < 1.29 is 9.47 Å².